The van der Waals surface area contributed by atoms with E-state index in [4.69, 9.17) is 4.52 Å². The molecule has 7 heteroatoms. The Balaban J connectivity index is 1.78. The van der Waals surface area contributed by atoms with E-state index in [0.29, 0.717) is 18.1 Å². The van der Waals surface area contributed by atoms with Crippen LogP contribution in [-0.2, 0) is 22.6 Å². The molecule has 2 unspecified atom stereocenters. The second-order valence-electron chi connectivity index (χ2n) is 6.32. The summed E-state index contributed by atoms with van der Waals surface area (Å²) in [5.74, 6) is 0.489. The monoisotopic (exact) mass is 342 g/mol. The highest BCUT2D eigenvalue weighted by Crippen LogP contribution is 2.37. The number of aromatic nitrogens is 2. The highest BCUT2D eigenvalue weighted by Gasteiger charge is 2.43. The molecule has 0 bridgehead atoms. The molecule has 2 aromatic rings. The predicted octanol–water partition coefficient (Wildman–Crippen LogP) is 1.81. The van der Waals surface area contributed by atoms with E-state index in [1.54, 1.807) is 23.9 Å². The molecule has 1 fully saturated rings. The molecular formula is C18H22N4O3. The summed E-state index contributed by atoms with van der Waals surface area (Å²) in [6, 6.07) is 9.41. The van der Waals surface area contributed by atoms with Crippen molar-refractivity contribution in [2.75, 3.05) is 14.1 Å². The summed E-state index contributed by atoms with van der Waals surface area (Å²) in [5, 5.41) is 3.84. The summed E-state index contributed by atoms with van der Waals surface area (Å²) in [7, 11) is 3.45. The largest absolute Gasteiger partial charge is 0.338 e. The number of rotatable bonds is 5. The van der Waals surface area contributed by atoms with E-state index in [0.717, 1.165) is 5.56 Å². The Labute approximate surface area is 146 Å². The first-order chi connectivity index (χ1) is 12.0. The Morgan fingerprint density at radius 3 is 2.72 bits per heavy atom. The predicted molar refractivity (Wildman–Crippen MR) is 90.2 cm³/mol. The van der Waals surface area contributed by atoms with Crippen molar-refractivity contribution in [3.8, 4) is 0 Å². The molecule has 1 saturated heterocycles. The van der Waals surface area contributed by atoms with Gasteiger partial charge in [0.05, 0.1) is 18.5 Å². The Morgan fingerprint density at radius 2 is 2.08 bits per heavy atom. The molecule has 25 heavy (non-hydrogen) atoms. The van der Waals surface area contributed by atoms with Crippen LogP contribution in [0.15, 0.2) is 34.9 Å². The number of hydrogen-bond acceptors (Lipinski definition) is 5. The molecule has 1 aromatic heterocycles. The highest BCUT2D eigenvalue weighted by molar-refractivity contribution is 5.90. The number of amides is 2. The molecule has 0 aliphatic carbocycles. The van der Waals surface area contributed by atoms with Crippen LogP contribution in [0.2, 0.25) is 0 Å². The molecule has 0 saturated carbocycles. The molecule has 1 aliphatic rings. The van der Waals surface area contributed by atoms with E-state index in [1.165, 1.54) is 0 Å². The minimum Gasteiger partial charge on any atom is -0.338 e. The van der Waals surface area contributed by atoms with Gasteiger partial charge in [-0.3, -0.25) is 9.59 Å². The van der Waals surface area contributed by atoms with Gasteiger partial charge in [0.15, 0.2) is 5.82 Å². The van der Waals surface area contributed by atoms with Crippen LogP contribution in [0.5, 0.6) is 0 Å². The molecule has 2 amide bonds. The molecule has 0 spiro atoms. The number of likely N-dealkylation sites (tertiary alicyclic amines) is 1. The zero-order valence-corrected chi connectivity index (χ0v) is 14.7. The van der Waals surface area contributed by atoms with E-state index in [2.05, 4.69) is 10.1 Å². The molecule has 2 atom stereocenters. The normalized spacial score (nSPS) is 20.1. The molecule has 1 aliphatic heterocycles. The Kier molecular flexibility index (Phi) is 4.83. The minimum absolute atomic E-state index is 0.0216. The van der Waals surface area contributed by atoms with Gasteiger partial charge in [-0.05, 0) is 5.56 Å². The number of carbonyl (C=O) groups excluding carboxylic acids is 2. The summed E-state index contributed by atoms with van der Waals surface area (Å²) in [6.07, 6.45) is 0.891. The third kappa shape index (κ3) is 3.40. The molecule has 7 nitrogen and oxygen atoms in total. The van der Waals surface area contributed by atoms with Gasteiger partial charge in [-0.1, -0.05) is 42.4 Å². The number of nitrogens with zero attached hydrogens (tertiary/aromatic N) is 4. The van der Waals surface area contributed by atoms with Crippen molar-refractivity contribution in [1.29, 1.82) is 0 Å². The number of aryl methyl sites for hydroxylation is 1. The lowest BCUT2D eigenvalue weighted by Crippen LogP contribution is -2.35. The Bertz CT molecular complexity index is 759. The summed E-state index contributed by atoms with van der Waals surface area (Å²) < 4.78 is 5.16. The summed E-state index contributed by atoms with van der Waals surface area (Å²) in [4.78, 5) is 32.6. The van der Waals surface area contributed by atoms with E-state index in [-0.39, 0.29) is 30.8 Å². The van der Waals surface area contributed by atoms with Gasteiger partial charge in [0.1, 0.15) is 0 Å². The Hall–Kier alpha value is -2.70. The average molecular weight is 342 g/mol. The van der Waals surface area contributed by atoms with Crippen molar-refractivity contribution < 1.29 is 14.1 Å². The van der Waals surface area contributed by atoms with Crippen LogP contribution in [0.1, 0.15) is 36.7 Å². The van der Waals surface area contributed by atoms with E-state index >= 15 is 0 Å². The van der Waals surface area contributed by atoms with Crippen molar-refractivity contribution in [3.05, 3.63) is 47.6 Å². The standard InChI is InChI=1S/C18H22N4O3/c1-4-14-19-15(25-20-14)11-21(2)18(24)13-10-16(23)22(3)17(13)12-8-6-5-7-9-12/h5-9,13,17H,4,10-11H2,1-3H3. The fourth-order valence-electron chi connectivity index (χ4n) is 3.26. The summed E-state index contributed by atoms with van der Waals surface area (Å²) >= 11 is 0. The van der Waals surface area contributed by atoms with Crippen LogP contribution < -0.4 is 0 Å². The lowest BCUT2D eigenvalue weighted by Gasteiger charge is -2.27. The van der Waals surface area contributed by atoms with Gasteiger partial charge in [-0.25, -0.2) is 0 Å². The first-order valence-corrected chi connectivity index (χ1v) is 8.38. The first kappa shape index (κ1) is 17.1. The van der Waals surface area contributed by atoms with Crippen LogP contribution in [-0.4, -0.2) is 45.9 Å². The third-order valence-corrected chi connectivity index (χ3v) is 4.62. The lowest BCUT2D eigenvalue weighted by molar-refractivity contribution is -0.136. The van der Waals surface area contributed by atoms with Gasteiger partial charge in [0.25, 0.3) is 0 Å². The maximum Gasteiger partial charge on any atom is 0.246 e. The zero-order chi connectivity index (χ0) is 18.0. The lowest BCUT2D eigenvalue weighted by atomic mass is 9.92. The highest BCUT2D eigenvalue weighted by atomic mass is 16.5. The zero-order valence-electron chi connectivity index (χ0n) is 14.7. The van der Waals surface area contributed by atoms with Crippen LogP contribution in [0.4, 0.5) is 0 Å². The fourth-order valence-corrected chi connectivity index (χ4v) is 3.26. The molecule has 0 radical (unpaired) electrons. The topological polar surface area (TPSA) is 79.5 Å². The molecule has 3 rings (SSSR count). The molecule has 0 N–H and O–H groups in total. The van der Waals surface area contributed by atoms with Crippen LogP contribution in [0, 0.1) is 5.92 Å². The van der Waals surface area contributed by atoms with Gasteiger partial charge >= 0.3 is 0 Å². The second kappa shape index (κ2) is 7.04. The Morgan fingerprint density at radius 1 is 1.36 bits per heavy atom. The average Bonchev–Trinajstić information content (AvgIpc) is 3.19. The summed E-state index contributed by atoms with van der Waals surface area (Å²) in [5.41, 5.74) is 0.966. The second-order valence-corrected chi connectivity index (χ2v) is 6.32. The smallest absolute Gasteiger partial charge is 0.246 e. The fraction of sp³-hybridized carbons (Fsp3) is 0.444. The van der Waals surface area contributed by atoms with Crippen molar-refractivity contribution in [1.82, 2.24) is 19.9 Å². The van der Waals surface area contributed by atoms with Gasteiger partial charge < -0.3 is 14.3 Å². The van der Waals surface area contributed by atoms with Gasteiger partial charge in [-0.15, -0.1) is 0 Å². The summed E-state index contributed by atoms with van der Waals surface area (Å²) in [6.45, 7) is 2.18. The van der Waals surface area contributed by atoms with Gasteiger partial charge in [-0.2, -0.15) is 4.98 Å². The molecule has 1 aromatic carbocycles. The van der Waals surface area contributed by atoms with Crippen molar-refractivity contribution in [3.63, 3.8) is 0 Å². The van der Waals surface area contributed by atoms with Crippen LogP contribution in [0.25, 0.3) is 0 Å². The van der Waals surface area contributed by atoms with Crippen molar-refractivity contribution >= 4 is 11.8 Å². The maximum atomic E-state index is 13.0. The van der Waals surface area contributed by atoms with Crippen molar-refractivity contribution in [2.24, 2.45) is 5.92 Å². The number of carbonyl (C=O) groups is 2. The van der Waals surface area contributed by atoms with Gasteiger partial charge in [0, 0.05) is 26.9 Å². The van der Waals surface area contributed by atoms with E-state index < -0.39 is 5.92 Å². The maximum absolute atomic E-state index is 13.0. The van der Waals surface area contributed by atoms with Crippen molar-refractivity contribution in [2.45, 2.75) is 32.4 Å². The molecular weight excluding hydrogens is 320 g/mol. The molecule has 2 heterocycles. The third-order valence-electron chi connectivity index (χ3n) is 4.62. The number of benzene rings is 1. The van der Waals surface area contributed by atoms with Gasteiger partial charge in [0.2, 0.25) is 17.7 Å². The van der Waals surface area contributed by atoms with Crippen LogP contribution >= 0.6 is 0 Å². The first-order valence-electron chi connectivity index (χ1n) is 8.38. The molecule has 132 valence electrons. The van der Waals surface area contributed by atoms with E-state index in [1.807, 2.05) is 37.3 Å². The SMILES string of the molecule is CCc1noc(CN(C)C(=O)C2CC(=O)N(C)C2c2ccccc2)n1. The minimum atomic E-state index is -0.418. The quantitative estimate of drug-likeness (QED) is 0.828. The van der Waals surface area contributed by atoms with E-state index in [9.17, 15) is 9.59 Å². The number of hydrogen-bond donors (Lipinski definition) is 0. The van der Waals surface area contributed by atoms with Crippen LogP contribution in [0.3, 0.4) is 0 Å².